The van der Waals surface area contributed by atoms with Gasteiger partial charge in [-0.15, -0.1) is 0 Å². The third kappa shape index (κ3) is 3.16. The number of aromatic nitrogens is 4. The number of hydrogen-bond donors (Lipinski definition) is 2. The summed E-state index contributed by atoms with van der Waals surface area (Å²) >= 11 is 0. The first kappa shape index (κ1) is 19.9. The van der Waals surface area contributed by atoms with Gasteiger partial charge in [-0.1, -0.05) is 19.1 Å². The number of anilines is 3. The van der Waals surface area contributed by atoms with Crippen LogP contribution in [0.2, 0.25) is 0 Å². The van der Waals surface area contributed by atoms with E-state index in [2.05, 4.69) is 34.4 Å². The molecule has 1 fully saturated rings. The molecule has 2 aliphatic heterocycles. The predicted molar refractivity (Wildman–Crippen MR) is 115 cm³/mol. The Bertz CT molecular complexity index is 1070. The van der Waals surface area contributed by atoms with Crippen LogP contribution in [0.15, 0.2) is 30.6 Å². The Morgan fingerprint density at radius 2 is 1.81 bits per heavy atom. The van der Waals surface area contributed by atoms with Crippen molar-refractivity contribution in [3.8, 4) is 0 Å². The van der Waals surface area contributed by atoms with E-state index >= 15 is 0 Å². The summed E-state index contributed by atoms with van der Waals surface area (Å²) in [5.41, 5.74) is 0.367. The number of hydrogen-bond acceptors (Lipinski definition) is 7. The maximum Gasteiger partial charge on any atom is 0.285 e. The Morgan fingerprint density at radius 3 is 2.42 bits per heavy atom. The number of alkyl halides is 2. The maximum absolute atomic E-state index is 14.7. The number of nitrogens with zero attached hydrogens (tertiary/aromatic N) is 5. The lowest BCUT2D eigenvalue weighted by atomic mass is 10.1. The summed E-state index contributed by atoms with van der Waals surface area (Å²) in [7, 11) is 0. The SMILES string of the molecule is CCC(C)n1cnc2c(C3(C(F)F)Nc4ccccc4N3)nc(N3CCOCC3)nc21. The molecular weight excluding hydrogens is 404 g/mol. The first-order chi connectivity index (χ1) is 15.0. The third-order valence-corrected chi connectivity index (χ3v) is 6.06. The first-order valence-electron chi connectivity index (χ1n) is 10.5. The molecule has 0 radical (unpaired) electrons. The average molecular weight is 429 g/mol. The van der Waals surface area contributed by atoms with Gasteiger partial charge in [0.05, 0.1) is 30.9 Å². The largest absolute Gasteiger partial charge is 0.378 e. The van der Waals surface area contributed by atoms with Gasteiger partial charge in [0.2, 0.25) is 11.6 Å². The lowest BCUT2D eigenvalue weighted by Crippen LogP contribution is -2.47. The first-order valence-corrected chi connectivity index (χ1v) is 10.5. The highest BCUT2D eigenvalue weighted by Gasteiger charge is 2.50. The Labute approximate surface area is 178 Å². The summed E-state index contributed by atoms with van der Waals surface area (Å²) in [5.74, 6) is 0.412. The summed E-state index contributed by atoms with van der Waals surface area (Å²) in [6.07, 6.45) is -0.259. The molecule has 0 spiro atoms. The van der Waals surface area contributed by atoms with Crippen LogP contribution in [-0.2, 0) is 10.4 Å². The van der Waals surface area contributed by atoms with E-state index < -0.39 is 12.1 Å². The molecule has 1 aromatic carbocycles. The number of benzene rings is 1. The monoisotopic (exact) mass is 429 g/mol. The third-order valence-electron chi connectivity index (χ3n) is 6.06. The molecule has 1 atom stereocenters. The van der Waals surface area contributed by atoms with Crippen molar-refractivity contribution in [2.75, 3.05) is 41.8 Å². The normalized spacial score (nSPS) is 18.7. The number of ether oxygens (including phenoxy) is 1. The molecule has 0 amide bonds. The van der Waals surface area contributed by atoms with Crippen LogP contribution in [0.1, 0.15) is 32.0 Å². The van der Waals surface area contributed by atoms with Gasteiger partial charge in [-0.05, 0) is 25.5 Å². The summed E-state index contributed by atoms with van der Waals surface area (Å²) in [5, 5.41) is 5.99. The van der Waals surface area contributed by atoms with Crippen LogP contribution in [0, 0.1) is 0 Å². The summed E-state index contributed by atoms with van der Waals surface area (Å²) in [6.45, 7) is 6.42. The molecule has 2 aromatic heterocycles. The number of fused-ring (bicyclic) bond motifs is 2. The second kappa shape index (κ2) is 7.60. The van der Waals surface area contributed by atoms with E-state index in [0.717, 1.165) is 6.42 Å². The van der Waals surface area contributed by atoms with Gasteiger partial charge in [0.1, 0.15) is 11.2 Å². The number of para-hydroxylation sites is 2. The van der Waals surface area contributed by atoms with Crippen LogP contribution in [-0.4, -0.2) is 52.2 Å². The zero-order valence-corrected chi connectivity index (χ0v) is 17.5. The molecule has 5 rings (SSSR count). The smallest absolute Gasteiger partial charge is 0.285 e. The molecule has 1 saturated heterocycles. The molecule has 10 heteroatoms. The van der Waals surface area contributed by atoms with Gasteiger partial charge in [0, 0.05) is 19.1 Å². The minimum atomic E-state index is -2.79. The molecular formula is C21H25F2N7O. The van der Waals surface area contributed by atoms with Gasteiger partial charge < -0.3 is 24.8 Å². The minimum absolute atomic E-state index is 0.120. The van der Waals surface area contributed by atoms with Crippen molar-refractivity contribution >= 4 is 28.5 Å². The summed E-state index contributed by atoms with van der Waals surface area (Å²) in [6, 6.07) is 7.27. The highest BCUT2D eigenvalue weighted by Crippen LogP contribution is 2.44. The van der Waals surface area contributed by atoms with Gasteiger partial charge in [0.15, 0.2) is 5.65 Å². The van der Waals surface area contributed by atoms with Crippen molar-refractivity contribution in [2.24, 2.45) is 0 Å². The van der Waals surface area contributed by atoms with Crippen molar-refractivity contribution in [3.63, 3.8) is 0 Å². The number of halogens is 2. The standard InChI is InChI=1S/C21H25F2N7O/c1-3-13(2)30-12-24-16-17(25-20(26-18(16)30)29-8-10-31-11-9-29)21(19(22)23)27-14-6-4-5-7-15(14)28-21/h4-7,12-13,19,27-28H,3,8-11H2,1-2H3. The summed E-state index contributed by atoms with van der Waals surface area (Å²) in [4.78, 5) is 15.9. The molecule has 2 aliphatic rings. The van der Waals surface area contributed by atoms with Crippen LogP contribution in [0.3, 0.4) is 0 Å². The van der Waals surface area contributed by atoms with E-state index in [1.54, 1.807) is 30.6 Å². The lowest BCUT2D eigenvalue weighted by molar-refractivity contribution is 0.0801. The van der Waals surface area contributed by atoms with Crippen LogP contribution in [0.25, 0.3) is 11.2 Å². The number of morpholine rings is 1. The maximum atomic E-state index is 14.7. The Hall–Kier alpha value is -3.01. The van der Waals surface area contributed by atoms with Crippen LogP contribution < -0.4 is 15.5 Å². The van der Waals surface area contributed by atoms with E-state index in [1.807, 2.05) is 9.47 Å². The van der Waals surface area contributed by atoms with E-state index in [9.17, 15) is 8.78 Å². The second-order valence-electron chi connectivity index (χ2n) is 7.96. The molecule has 8 nitrogen and oxygen atoms in total. The van der Waals surface area contributed by atoms with E-state index in [0.29, 0.717) is 54.8 Å². The number of imidazole rings is 1. The lowest BCUT2D eigenvalue weighted by Gasteiger charge is -2.32. The average Bonchev–Trinajstić information content (AvgIpc) is 3.41. The molecule has 3 aromatic rings. The predicted octanol–water partition coefficient (Wildman–Crippen LogP) is 3.59. The second-order valence-corrected chi connectivity index (χ2v) is 7.96. The molecule has 31 heavy (non-hydrogen) atoms. The van der Waals surface area contributed by atoms with E-state index in [4.69, 9.17) is 9.72 Å². The van der Waals surface area contributed by atoms with Gasteiger partial charge in [-0.3, -0.25) is 0 Å². The van der Waals surface area contributed by atoms with Gasteiger partial charge in [-0.25, -0.2) is 18.7 Å². The van der Waals surface area contributed by atoms with Gasteiger partial charge >= 0.3 is 0 Å². The molecule has 2 N–H and O–H groups in total. The van der Waals surface area contributed by atoms with Crippen LogP contribution >= 0.6 is 0 Å². The van der Waals surface area contributed by atoms with Crippen molar-refractivity contribution in [1.29, 1.82) is 0 Å². The van der Waals surface area contributed by atoms with Gasteiger partial charge in [-0.2, -0.15) is 4.98 Å². The summed E-state index contributed by atoms with van der Waals surface area (Å²) < 4.78 is 36.8. The minimum Gasteiger partial charge on any atom is -0.378 e. The van der Waals surface area contributed by atoms with Crippen LogP contribution in [0.5, 0.6) is 0 Å². The molecule has 0 aliphatic carbocycles. The fourth-order valence-electron chi connectivity index (χ4n) is 4.09. The number of rotatable bonds is 5. The fraction of sp³-hybridized carbons (Fsp3) is 0.476. The van der Waals surface area contributed by atoms with Crippen molar-refractivity contribution < 1.29 is 13.5 Å². The Balaban J connectivity index is 1.72. The zero-order chi connectivity index (χ0) is 21.6. The fourth-order valence-corrected chi connectivity index (χ4v) is 4.09. The molecule has 0 saturated carbocycles. The highest BCUT2D eigenvalue weighted by atomic mass is 19.3. The molecule has 0 bridgehead atoms. The number of nitrogens with one attached hydrogen (secondary N) is 2. The van der Waals surface area contributed by atoms with Gasteiger partial charge in [0.25, 0.3) is 6.43 Å². The van der Waals surface area contributed by atoms with E-state index in [-0.39, 0.29) is 11.7 Å². The van der Waals surface area contributed by atoms with E-state index in [1.165, 1.54) is 0 Å². The zero-order valence-electron chi connectivity index (χ0n) is 17.5. The molecule has 164 valence electrons. The van der Waals surface area contributed by atoms with Crippen LogP contribution in [0.4, 0.5) is 26.1 Å². The Morgan fingerprint density at radius 1 is 1.13 bits per heavy atom. The van der Waals surface area contributed by atoms with Crippen molar-refractivity contribution in [2.45, 2.75) is 38.4 Å². The highest BCUT2D eigenvalue weighted by molar-refractivity contribution is 5.83. The quantitative estimate of drug-likeness (QED) is 0.642. The molecule has 1 unspecified atom stereocenters. The topological polar surface area (TPSA) is 80.1 Å². The van der Waals surface area contributed by atoms with Crippen molar-refractivity contribution in [1.82, 2.24) is 19.5 Å². The van der Waals surface area contributed by atoms with Crippen molar-refractivity contribution in [3.05, 3.63) is 36.3 Å². The molecule has 4 heterocycles. The Kier molecular flexibility index (Phi) is 4.88.